The first-order valence-electron chi connectivity index (χ1n) is 45.6. The van der Waals surface area contributed by atoms with E-state index in [1.54, 1.807) is 0 Å². The van der Waals surface area contributed by atoms with Crippen molar-refractivity contribution in [3.05, 3.63) is 418 Å². The molecule has 0 saturated heterocycles. The first-order valence-corrected chi connectivity index (χ1v) is 45.6. The molecule has 0 unspecified atom stereocenters. The topological polar surface area (TPSA) is 271 Å². The van der Waals surface area contributed by atoms with Crippen LogP contribution in [0.25, 0.3) is 0 Å². The van der Waals surface area contributed by atoms with Gasteiger partial charge < -0.3 is 102 Å². The van der Waals surface area contributed by atoms with Gasteiger partial charge in [-0.1, -0.05) is 255 Å². The summed E-state index contributed by atoms with van der Waals surface area (Å²) in [6.07, 6.45) is 5.34. The lowest BCUT2D eigenvalue weighted by atomic mass is 9.94. The molecule has 672 valence electrons. The van der Waals surface area contributed by atoms with Crippen molar-refractivity contribution in [3.63, 3.8) is 0 Å². The largest absolute Gasteiger partial charge is 0.449 e. The summed E-state index contributed by atoms with van der Waals surface area (Å²) in [4.78, 5) is 0. The Kier molecular flexibility index (Phi) is 21.8. The summed E-state index contributed by atoms with van der Waals surface area (Å²) < 4.78 is 83.5. The molecule has 14 aliphatic rings. The third-order valence-corrected chi connectivity index (χ3v) is 27.4. The van der Waals surface area contributed by atoms with Crippen LogP contribution in [0, 0.1) is 0 Å². The van der Waals surface area contributed by atoms with Gasteiger partial charge in [-0.15, -0.1) is 0 Å². The smallest absolute Gasteiger partial charge is 0.281 e. The molecule has 14 aromatic carbocycles. The van der Waals surface area contributed by atoms with Crippen molar-refractivity contribution >= 4 is 0 Å². The van der Waals surface area contributed by atoms with Gasteiger partial charge in [0.2, 0.25) is 0 Å². The molecular formula is C112H98O21. The Morgan fingerprint density at radius 1 is 0.135 bits per heavy atom. The second kappa shape index (κ2) is 34.3. The summed E-state index contributed by atoms with van der Waals surface area (Å²) in [5.41, 5.74) is 13.8. The minimum atomic E-state index is -0.960. The van der Waals surface area contributed by atoms with Gasteiger partial charge in [0, 0.05) is 83.9 Å². The zero-order chi connectivity index (χ0) is 90.1. The Hall–Kier alpha value is -14.0. The average Bonchev–Trinajstić information content (AvgIpc) is 1.64. The van der Waals surface area contributed by atoms with Crippen molar-refractivity contribution < 1.29 is 102 Å². The van der Waals surface area contributed by atoms with E-state index in [1.807, 2.05) is 297 Å². The minimum Gasteiger partial charge on any atom is -0.449 e. The SMILES string of the molecule is O[C@H]1c2ccccc2O[C@]12CCc1ccccc1O2.O[C@H]1c2ccccc2O[C@]12CCc1ccccc1O2.O[C@H]1c2ccccc2O[C@]12CCc1ccccc1O2.O[C@H]1c2ccccc2O[C@]12CCc1ccccc1O2.O[C@H]1c2ccccc2O[C@]12CCc1ccccc1O2.O[C@H]1c2ccccc2O[C@]12CCc1ccccc1O2.O[C@H]1c2ccccc2O[C@]12CCc1ccccc1O2. The Bertz CT molecular complexity index is 5570. The van der Waals surface area contributed by atoms with Crippen molar-refractivity contribution in [3.8, 4) is 80.5 Å². The van der Waals surface area contributed by atoms with Gasteiger partial charge in [-0.3, -0.25) is 0 Å². The molecule has 14 atom stereocenters. The van der Waals surface area contributed by atoms with Crippen molar-refractivity contribution in [2.75, 3.05) is 0 Å². The maximum absolute atomic E-state index is 10.5. The number of rotatable bonds is 0. The molecule has 21 heteroatoms. The quantitative estimate of drug-likeness (QED) is 0.0743. The van der Waals surface area contributed by atoms with Crippen LogP contribution in [-0.2, 0) is 44.9 Å². The average molecular weight is 1780 g/mol. The van der Waals surface area contributed by atoms with Crippen LogP contribution in [0.15, 0.2) is 340 Å². The Labute approximate surface area is 768 Å². The van der Waals surface area contributed by atoms with E-state index in [0.29, 0.717) is 44.9 Å². The molecule has 0 saturated carbocycles. The van der Waals surface area contributed by atoms with E-state index in [4.69, 9.17) is 66.3 Å². The monoisotopic (exact) mass is 1780 g/mol. The third-order valence-electron chi connectivity index (χ3n) is 27.4. The van der Waals surface area contributed by atoms with E-state index < -0.39 is 83.2 Å². The van der Waals surface area contributed by atoms with E-state index in [2.05, 4.69) is 42.5 Å². The molecule has 14 heterocycles. The molecule has 0 aromatic heterocycles. The van der Waals surface area contributed by atoms with Crippen LogP contribution >= 0.6 is 0 Å². The molecule has 0 aliphatic carbocycles. The van der Waals surface area contributed by atoms with Gasteiger partial charge in [-0.2, -0.15) is 0 Å². The molecule has 14 aromatic rings. The second-order valence-corrected chi connectivity index (χ2v) is 35.4. The number of para-hydroxylation sites is 14. The van der Waals surface area contributed by atoms with Crippen LogP contribution in [0.2, 0.25) is 0 Å². The number of aliphatic hydroxyl groups excluding tert-OH is 7. The lowest BCUT2D eigenvalue weighted by Gasteiger charge is -2.36. The van der Waals surface area contributed by atoms with Gasteiger partial charge in [0.25, 0.3) is 40.5 Å². The molecule has 14 aliphatic heterocycles. The Morgan fingerprint density at radius 3 is 0.353 bits per heavy atom. The number of benzene rings is 14. The molecule has 21 nitrogen and oxygen atoms in total. The summed E-state index contributed by atoms with van der Waals surface area (Å²) in [5, 5.41) is 73.7. The lowest BCUT2D eigenvalue weighted by molar-refractivity contribution is -0.179. The normalized spacial score (nSPS) is 27.3. The summed E-state index contributed by atoms with van der Waals surface area (Å²) in [5.74, 6) is 3.94. The van der Waals surface area contributed by atoms with Crippen molar-refractivity contribution in [2.24, 2.45) is 0 Å². The first-order chi connectivity index (χ1) is 65.0. The number of fused-ring (bicyclic) bond motifs is 14. The van der Waals surface area contributed by atoms with Crippen LogP contribution in [0.4, 0.5) is 0 Å². The number of ether oxygens (including phenoxy) is 14. The highest BCUT2D eigenvalue weighted by atomic mass is 16.8. The Balaban J connectivity index is 0.0000000905. The lowest BCUT2D eigenvalue weighted by Crippen LogP contribution is -2.46. The highest BCUT2D eigenvalue weighted by Crippen LogP contribution is 2.57. The predicted octanol–water partition coefficient (Wildman–Crippen LogP) is 19.8. The number of aryl methyl sites for hydroxylation is 7. The molecule has 133 heavy (non-hydrogen) atoms. The molecule has 0 amide bonds. The molecule has 7 spiro atoms. The van der Waals surface area contributed by atoms with Crippen molar-refractivity contribution in [1.82, 2.24) is 0 Å². The molecular weight excluding hydrogens is 1680 g/mol. The summed E-state index contributed by atoms with van der Waals surface area (Å²) in [7, 11) is 0. The summed E-state index contributed by atoms with van der Waals surface area (Å²) >= 11 is 0. The molecule has 7 N–H and O–H groups in total. The van der Waals surface area contributed by atoms with E-state index >= 15 is 0 Å². The maximum atomic E-state index is 10.5. The van der Waals surface area contributed by atoms with Gasteiger partial charge in [0.05, 0.1) is 0 Å². The zero-order valence-corrected chi connectivity index (χ0v) is 72.6. The zero-order valence-electron chi connectivity index (χ0n) is 72.6. The van der Waals surface area contributed by atoms with Crippen LogP contribution in [0.5, 0.6) is 80.5 Å². The fourth-order valence-electron chi connectivity index (χ4n) is 20.3. The van der Waals surface area contributed by atoms with E-state index in [9.17, 15) is 35.7 Å². The highest BCUT2D eigenvalue weighted by molar-refractivity contribution is 5.53. The Morgan fingerprint density at radius 2 is 0.233 bits per heavy atom. The summed E-state index contributed by atoms with van der Waals surface area (Å²) in [6, 6.07) is 108. The van der Waals surface area contributed by atoms with Gasteiger partial charge in [-0.05, 0) is 169 Å². The van der Waals surface area contributed by atoms with Gasteiger partial charge in [0.15, 0.2) is 42.7 Å². The maximum Gasteiger partial charge on any atom is 0.281 e. The number of hydrogen-bond acceptors (Lipinski definition) is 21. The van der Waals surface area contributed by atoms with Crippen molar-refractivity contribution in [2.45, 2.75) is 173 Å². The summed E-state index contributed by atoms with van der Waals surface area (Å²) in [6.45, 7) is 0. The first kappa shape index (κ1) is 84.5. The molecule has 28 rings (SSSR count). The minimum absolute atomic E-state index is 0.653. The molecule has 0 bridgehead atoms. The number of hydrogen-bond donors (Lipinski definition) is 7. The van der Waals surface area contributed by atoms with E-state index in [-0.39, 0.29) is 0 Å². The fraction of sp³-hybridized carbons (Fsp3) is 0.250. The van der Waals surface area contributed by atoms with E-state index in [0.717, 1.165) is 164 Å². The predicted molar refractivity (Wildman–Crippen MR) is 491 cm³/mol. The fourth-order valence-corrected chi connectivity index (χ4v) is 20.3. The highest BCUT2D eigenvalue weighted by Gasteiger charge is 2.59. The standard InChI is InChI=1S/7C16H14O3/c7*17-15-12-6-2-4-8-14(12)19-16(15)10-9-11-5-1-3-7-13(11)18-16/h7*1-8,15,17H,9-10H2/t7*15-,16+/m0000000/s1. The van der Waals surface area contributed by atoms with Crippen LogP contribution < -0.4 is 66.3 Å². The van der Waals surface area contributed by atoms with Gasteiger partial charge in [-0.25, -0.2) is 0 Å². The van der Waals surface area contributed by atoms with Gasteiger partial charge in [0.1, 0.15) is 80.5 Å². The van der Waals surface area contributed by atoms with Crippen LogP contribution in [0.1, 0.15) is 166 Å². The molecule has 0 radical (unpaired) electrons. The molecule has 0 fully saturated rings. The van der Waals surface area contributed by atoms with Crippen LogP contribution in [0.3, 0.4) is 0 Å². The third kappa shape index (κ3) is 15.3. The number of aliphatic hydroxyl groups is 7. The van der Waals surface area contributed by atoms with E-state index in [1.165, 1.54) is 38.9 Å². The van der Waals surface area contributed by atoms with Gasteiger partial charge >= 0.3 is 0 Å². The van der Waals surface area contributed by atoms with Crippen molar-refractivity contribution in [1.29, 1.82) is 0 Å². The second-order valence-electron chi connectivity index (χ2n) is 35.4. The van der Waals surface area contributed by atoms with Crippen LogP contribution in [-0.4, -0.2) is 76.3 Å².